The van der Waals surface area contributed by atoms with Gasteiger partial charge < -0.3 is 24.4 Å². The molecule has 4 atom stereocenters. The van der Waals surface area contributed by atoms with Gasteiger partial charge in [0.25, 0.3) is 12.3 Å². The van der Waals surface area contributed by atoms with Crippen molar-refractivity contribution in [2.24, 2.45) is 11.3 Å². The van der Waals surface area contributed by atoms with Gasteiger partial charge in [0.05, 0.1) is 30.9 Å². The number of imide groups is 1. The topological polar surface area (TPSA) is 130 Å². The quantitative estimate of drug-likeness (QED) is 0.264. The Bertz CT molecular complexity index is 2320. The fourth-order valence-corrected chi connectivity index (χ4v) is 11.5. The minimum Gasteiger partial charge on any atom is -0.489 e. The molecular formula is C43H47F2N9O4. The van der Waals surface area contributed by atoms with Crippen molar-refractivity contribution in [3.63, 3.8) is 0 Å². The van der Waals surface area contributed by atoms with Gasteiger partial charge in [-0.25, -0.2) is 18.7 Å². The Kier molecular flexibility index (Phi) is 8.34. The van der Waals surface area contributed by atoms with Gasteiger partial charge >= 0.3 is 0 Å². The van der Waals surface area contributed by atoms with Crippen LogP contribution in [0, 0.1) is 11.3 Å². The number of para-hydroxylation sites is 1. The molecule has 13 nitrogen and oxygen atoms in total. The molecule has 2 aromatic heterocycles. The molecule has 0 radical (unpaired) electrons. The Labute approximate surface area is 334 Å². The number of alkyl halides is 2. The molecule has 15 heteroatoms. The van der Waals surface area contributed by atoms with Crippen molar-refractivity contribution in [1.29, 1.82) is 0 Å². The highest BCUT2D eigenvalue weighted by Gasteiger charge is 2.53. The van der Waals surface area contributed by atoms with Gasteiger partial charge in [-0.1, -0.05) is 18.2 Å². The van der Waals surface area contributed by atoms with Crippen molar-refractivity contribution < 1.29 is 27.9 Å². The molecule has 6 aliphatic heterocycles. The molecule has 4 fully saturated rings. The number of rotatable bonds is 7. The second kappa shape index (κ2) is 13.4. The highest BCUT2D eigenvalue weighted by atomic mass is 19.3. The zero-order valence-electron chi connectivity index (χ0n) is 32.5. The van der Waals surface area contributed by atoms with E-state index in [2.05, 4.69) is 31.1 Å². The van der Waals surface area contributed by atoms with E-state index in [0.29, 0.717) is 48.8 Å². The van der Waals surface area contributed by atoms with Crippen LogP contribution in [0.3, 0.4) is 0 Å². The Morgan fingerprint density at radius 2 is 1.81 bits per heavy atom. The van der Waals surface area contributed by atoms with Crippen LogP contribution in [0.15, 0.2) is 48.8 Å². The van der Waals surface area contributed by atoms with E-state index in [-0.39, 0.29) is 42.9 Å². The predicted molar refractivity (Wildman–Crippen MR) is 211 cm³/mol. The highest BCUT2D eigenvalue weighted by Crippen LogP contribution is 2.53. The van der Waals surface area contributed by atoms with Gasteiger partial charge in [-0.15, -0.1) is 0 Å². The van der Waals surface area contributed by atoms with Crippen molar-refractivity contribution in [3.8, 4) is 5.75 Å². The van der Waals surface area contributed by atoms with E-state index in [1.165, 1.54) is 18.4 Å². The Morgan fingerprint density at radius 3 is 2.60 bits per heavy atom. The van der Waals surface area contributed by atoms with Crippen LogP contribution in [0.1, 0.15) is 71.4 Å². The molecule has 58 heavy (non-hydrogen) atoms. The van der Waals surface area contributed by atoms with Crippen LogP contribution in [0.2, 0.25) is 0 Å². The number of aromatic nitrogens is 3. The molecule has 3 saturated heterocycles. The van der Waals surface area contributed by atoms with Crippen molar-refractivity contribution >= 4 is 40.3 Å². The summed E-state index contributed by atoms with van der Waals surface area (Å²) in [6, 6.07) is 11.2. The van der Waals surface area contributed by atoms with Crippen molar-refractivity contribution in [3.05, 3.63) is 76.7 Å². The van der Waals surface area contributed by atoms with Crippen molar-refractivity contribution in [2.75, 3.05) is 62.2 Å². The highest BCUT2D eigenvalue weighted by molar-refractivity contribution is 6.06. The number of halogens is 2. The molecule has 3 amide bonds. The number of benzene rings is 2. The molecule has 2 N–H and O–H groups in total. The van der Waals surface area contributed by atoms with Crippen LogP contribution in [0.25, 0.3) is 10.9 Å². The third-order valence-corrected chi connectivity index (χ3v) is 14.1. The molecule has 302 valence electrons. The summed E-state index contributed by atoms with van der Waals surface area (Å²) < 4.78 is 34.1. The van der Waals surface area contributed by atoms with Crippen LogP contribution in [-0.2, 0) is 22.6 Å². The maximum absolute atomic E-state index is 13.9. The van der Waals surface area contributed by atoms with E-state index in [1.54, 1.807) is 4.90 Å². The van der Waals surface area contributed by atoms with E-state index in [1.807, 2.05) is 54.5 Å². The minimum atomic E-state index is -2.44. The number of carbonyl (C=O) groups excluding carboxylic acids is 3. The molecule has 1 saturated carbocycles. The Hall–Kier alpha value is -5.15. The standard InChI is InChI=1S/C43H47F2N9O4/c1-24-12-30-28-4-2-3-5-32(28)48-37(30)38(53(24)20-35(44)45)26-15-46-42(47-16-26)51-22-43(23-51)13-25(14-43)17-50-10-11-52-27(18-50)21-58-39-31-19-54(34-8-9-36(55)49-40(34)56)41(57)29(31)6-7-33(39)52/h2-7,15-16,24-25,27,34-35,38,48H,8-14,17-23H2,1H3,(H,49,55,56)/t24?,27-,34?,38-/m1/s1. The van der Waals surface area contributed by atoms with Crippen molar-refractivity contribution in [1.82, 2.24) is 35.0 Å². The largest absolute Gasteiger partial charge is 0.489 e. The van der Waals surface area contributed by atoms with Gasteiger partial charge in [0, 0.05) is 103 Å². The summed E-state index contributed by atoms with van der Waals surface area (Å²) >= 11 is 0. The van der Waals surface area contributed by atoms with Gasteiger partial charge in [0.2, 0.25) is 17.8 Å². The van der Waals surface area contributed by atoms with Crippen molar-refractivity contribution in [2.45, 2.75) is 76.2 Å². The lowest BCUT2D eigenvalue weighted by atomic mass is 9.57. The molecular weight excluding hydrogens is 745 g/mol. The van der Waals surface area contributed by atoms with Gasteiger partial charge in [-0.05, 0) is 62.3 Å². The summed E-state index contributed by atoms with van der Waals surface area (Å²) in [6.07, 6.45) is 4.86. The summed E-state index contributed by atoms with van der Waals surface area (Å²) in [4.78, 5) is 61.5. The molecule has 8 heterocycles. The smallest absolute Gasteiger partial charge is 0.255 e. The third kappa shape index (κ3) is 5.78. The Balaban J connectivity index is 0.699. The van der Waals surface area contributed by atoms with E-state index in [4.69, 9.17) is 14.7 Å². The lowest BCUT2D eigenvalue weighted by molar-refractivity contribution is -0.136. The van der Waals surface area contributed by atoms with Gasteiger partial charge in [-0.2, -0.15) is 0 Å². The molecule has 1 aliphatic carbocycles. The molecule has 1 spiro atoms. The number of nitrogens with one attached hydrogen (secondary N) is 2. The van der Waals surface area contributed by atoms with Gasteiger partial charge in [0.15, 0.2) is 0 Å². The fraction of sp³-hybridized carbons (Fsp3) is 0.512. The number of amides is 3. The van der Waals surface area contributed by atoms with E-state index in [9.17, 15) is 23.2 Å². The molecule has 2 unspecified atom stereocenters. The SMILES string of the molecule is CC1Cc2c([nH]c3ccccc23)[C@@H](c2cnc(N3CC4(CC(CN5CCN6c7ccc8c(c7OC[C@H]6C5)CN(C5CCC(=O)NC5=O)C8=O)C4)C3)nc2)N1CC(F)F. The third-order valence-electron chi connectivity index (χ3n) is 14.1. The maximum Gasteiger partial charge on any atom is 0.255 e. The summed E-state index contributed by atoms with van der Waals surface area (Å²) in [5.74, 6) is 1.20. The number of aromatic amines is 1. The first-order valence-electron chi connectivity index (χ1n) is 20.7. The van der Waals surface area contributed by atoms with Crippen LogP contribution in [0.4, 0.5) is 20.4 Å². The van der Waals surface area contributed by atoms with E-state index >= 15 is 0 Å². The van der Waals surface area contributed by atoms with Crippen LogP contribution >= 0.6 is 0 Å². The summed E-state index contributed by atoms with van der Waals surface area (Å²) in [5.41, 5.74) is 6.72. The Morgan fingerprint density at radius 1 is 1.00 bits per heavy atom. The predicted octanol–water partition coefficient (Wildman–Crippen LogP) is 4.12. The normalized spacial score (nSPS) is 26.9. The first-order valence-corrected chi connectivity index (χ1v) is 20.7. The molecule has 7 aliphatic rings. The second-order valence-electron chi connectivity index (χ2n) is 17.8. The van der Waals surface area contributed by atoms with E-state index < -0.39 is 18.4 Å². The molecule has 4 aromatic rings. The van der Waals surface area contributed by atoms with E-state index in [0.717, 1.165) is 78.4 Å². The maximum atomic E-state index is 13.9. The number of fused-ring (bicyclic) bond motifs is 8. The molecule has 11 rings (SSSR count). The number of hydrogen-bond acceptors (Lipinski definition) is 10. The number of ether oxygens (including phenoxy) is 1. The van der Waals surface area contributed by atoms with Crippen LogP contribution < -0.4 is 19.9 Å². The lowest BCUT2D eigenvalue weighted by Crippen LogP contribution is -2.65. The zero-order chi connectivity index (χ0) is 39.4. The van der Waals surface area contributed by atoms with Gasteiger partial charge in [0.1, 0.15) is 18.4 Å². The second-order valence-corrected chi connectivity index (χ2v) is 17.8. The zero-order valence-corrected chi connectivity index (χ0v) is 32.5. The van der Waals surface area contributed by atoms with Crippen LogP contribution in [0.5, 0.6) is 5.75 Å². The number of piperazine rings is 1. The lowest BCUT2D eigenvalue weighted by Gasteiger charge is -2.60. The monoisotopic (exact) mass is 791 g/mol. The number of carbonyl (C=O) groups is 3. The summed E-state index contributed by atoms with van der Waals surface area (Å²) in [6.45, 7) is 8.25. The average molecular weight is 792 g/mol. The molecule has 0 bridgehead atoms. The number of H-pyrrole nitrogens is 1. The van der Waals surface area contributed by atoms with Gasteiger partial charge in [-0.3, -0.25) is 29.5 Å². The number of hydrogen-bond donors (Lipinski definition) is 2. The minimum absolute atomic E-state index is 0.0562. The first kappa shape index (κ1) is 36.0. The molecule has 2 aromatic carbocycles. The summed E-state index contributed by atoms with van der Waals surface area (Å²) in [5, 5.41) is 3.53. The first-order chi connectivity index (χ1) is 28.1. The number of nitrogens with zero attached hydrogens (tertiary/aromatic N) is 7. The van der Waals surface area contributed by atoms with Crippen LogP contribution in [-0.4, -0.2) is 124 Å². The number of piperidine rings is 1. The average Bonchev–Trinajstić information content (AvgIpc) is 3.72. The summed E-state index contributed by atoms with van der Waals surface area (Å²) in [7, 11) is 0. The fourth-order valence-electron chi connectivity index (χ4n) is 11.5. The number of anilines is 2.